The van der Waals surface area contributed by atoms with Crippen LogP contribution < -0.4 is 10.6 Å². The highest BCUT2D eigenvalue weighted by Gasteiger charge is 2.77. The van der Waals surface area contributed by atoms with Crippen LogP contribution in [0.25, 0.3) is 0 Å². The average Bonchev–Trinajstić information content (AvgIpc) is 2.82. The molecule has 1 saturated heterocycles. The van der Waals surface area contributed by atoms with Gasteiger partial charge in [-0.25, -0.2) is 0 Å². The fourth-order valence-electron chi connectivity index (χ4n) is 4.02. The van der Waals surface area contributed by atoms with Crippen LogP contribution in [-0.4, -0.2) is 54.0 Å². The summed E-state index contributed by atoms with van der Waals surface area (Å²) >= 11 is 0. The van der Waals surface area contributed by atoms with Crippen molar-refractivity contribution in [3.63, 3.8) is 0 Å². The zero-order chi connectivity index (χ0) is 20.1. The number of piperidine rings is 1. The van der Waals surface area contributed by atoms with Gasteiger partial charge in [0.05, 0.1) is 12.6 Å². The van der Waals surface area contributed by atoms with Gasteiger partial charge in [0.1, 0.15) is 12.1 Å². The number of alkyl halides is 3. The molecular formula is C16H21F3N4O3. The summed E-state index contributed by atoms with van der Waals surface area (Å²) in [6.07, 6.45) is -5.08. The van der Waals surface area contributed by atoms with Crippen LogP contribution in [0.4, 0.5) is 13.2 Å². The molecule has 2 unspecified atom stereocenters. The molecule has 0 aromatic heterocycles. The van der Waals surface area contributed by atoms with Crippen molar-refractivity contribution in [2.24, 2.45) is 16.7 Å². The monoisotopic (exact) mass is 374 g/mol. The summed E-state index contributed by atoms with van der Waals surface area (Å²) in [6, 6.07) is 0.208. The second-order valence-corrected chi connectivity index (χ2v) is 7.62. The van der Waals surface area contributed by atoms with E-state index >= 15 is 0 Å². The van der Waals surface area contributed by atoms with Gasteiger partial charge >= 0.3 is 12.1 Å². The molecule has 1 heterocycles. The highest BCUT2D eigenvalue weighted by atomic mass is 19.4. The summed E-state index contributed by atoms with van der Waals surface area (Å²) in [7, 11) is 0. The molecule has 2 fully saturated rings. The lowest BCUT2D eigenvalue weighted by Gasteiger charge is -2.31. The number of nitrogens with one attached hydrogen (secondary N) is 2. The Balaban J connectivity index is 2.14. The second-order valence-electron chi connectivity index (χ2n) is 7.62. The molecule has 0 aromatic carbocycles. The molecule has 0 radical (unpaired) electrons. The van der Waals surface area contributed by atoms with Crippen molar-refractivity contribution in [1.29, 1.82) is 5.26 Å². The zero-order valence-electron chi connectivity index (χ0n) is 14.9. The highest BCUT2D eigenvalue weighted by molar-refractivity contribution is 5.93. The quantitative estimate of drug-likeness (QED) is 0.751. The summed E-state index contributed by atoms with van der Waals surface area (Å²) in [5, 5.41) is 12.9. The third-order valence-corrected chi connectivity index (χ3v) is 5.80. The van der Waals surface area contributed by atoms with E-state index in [9.17, 15) is 27.6 Å². The second kappa shape index (κ2) is 6.14. The summed E-state index contributed by atoms with van der Waals surface area (Å²) in [6.45, 7) is 6.66. The predicted octanol–water partition coefficient (Wildman–Crippen LogP) is 0.566. The molecule has 10 heteroatoms. The van der Waals surface area contributed by atoms with Gasteiger partial charge in [0.2, 0.25) is 11.8 Å². The molecule has 144 valence electrons. The Hall–Kier alpha value is -2.31. The topological polar surface area (TPSA) is 102 Å². The minimum absolute atomic E-state index is 0.178. The molecule has 4 atom stereocenters. The molecule has 1 aliphatic carbocycles. The van der Waals surface area contributed by atoms with Crippen LogP contribution in [0.2, 0.25) is 0 Å². The SMILES string of the molecule is CC(C#N)NC(=O)[C@@H]1C2C(C)(C)[C@@]2(C)CN1C(=O)CNC(=O)C(F)(F)F. The van der Waals surface area contributed by atoms with E-state index in [0.717, 1.165) is 0 Å². The number of hydrogen-bond acceptors (Lipinski definition) is 4. The molecule has 2 rings (SSSR count). The molecular weight excluding hydrogens is 353 g/mol. The number of nitriles is 1. The first-order valence-corrected chi connectivity index (χ1v) is 8.12. The average molecular weight is 374 g/mol. The summed E-state index contributed by atoms with van der Waals surface area (Å²) in [5.41, 5.74) is -0.578. The molecule has 0 aromatic rings. The van der Waals surface area contributed by atoms with Gasteiger partial charge in [-0.3, -0.25) is 14.4 Å². The summed E-state index contributed by atoms with van der Waals surface area (Å²) < 4.78 is 36.8. The van der Waals surface area contributed by atoms with E-state index in [0.29, 0.717) is 0 Å². The van der Waals surface area contributed by atoms with E-state index in [1.54, 1.807) is 0 Å². The minimum Gasteiger partial charge on any atom is -0.339 e. The number of likely N-dealkylation sites (tertiary alicyclic amines) is 1. The standard InChI is InChI=1S/C16H21F3N4O3/c1-8(5-20)22-12(25)10-11-14(2,3)15(11,4)7-23(10)9(24)6-21-13(26)16(17,18)19/h8,10-11H,6-7H2,1-4H3,(H,21,26)(H,22,25)/t8?,10-,11?,15-/m0/s1. The highest BCUT2D eigenvalue weighted by Crippen LogP contribution is 2.74. The number of amides is 3. The fourth-order valence-corrected chi connectivity index (χ4v) is 4.02. The van der Waals surface area contributed by atoms with Gasteiger partial charge in [-0.05, 0) is 17.8 Å². The Labute approximate surface area is 148 Å². The first-order chi connectivity index (χ1) is 11.8. The van der Waals surface area contributed by atoms with Gasteiger partial charge in [0.25, 0.3) is 0 Å². The van der Waals surface area contributed by atoms with Crippen LogP contribution in [0.15, 0.2) is 0 Å². The molecule has 26 heavy (non-hydrogen) atoms. The van der Waals surface area contributed by atoms with Crippen molar-refractivity contribution in [2.75, 3.05) is 13.1 Å². The minimum atomic E-state index is -5.08. The Kier molecular flexibility index (Phi) is 4.73. The normalized spacial score (nSPS) is 30.0. The van der Waals surface area contributed by atoms with Crippen LogP contribution in [0.5, 0.6) is 0 Å². The van der Waals surface area contributed by atoms with Gasteiger partial charge in [-0.15, -0.1) is 0 Å². The molecule has 7 nitrogen and oxygen atoms in total. The fraction of sp³-hybridized carbons (Fsp3) is 0.750. The van der Waals surface area contributed by atoms with Crippen LogP contribution in [0, 0.1) is 28.1 Å². The summed E-state index contributed by atoms with van der Waals surface area (Å²) in [4.78, 5) is 37.0. The Bertz CT molecular complexity index is 685. The number of halogens is 3. The molecule has 2 aliphatic rings. The number of carbonyl (C=O) groups is 3. The number of carbonyl (C=O) groups excluding carboxylic acids is 3. The van der Waals surface area contributed by atoms with E-state index in [4.69, 9.17) is 5.26 Å². The third-order valence-electron chi connectivity index (χ3n) is 5.80. The lowest BCUT2D eigenvalue weighted by Crippen LogP contribution is -2.54. The van der Waals surface area contributed by atoms with Crippen molar-refractivity contribution in [2.45, 2.75) is 46.0 Å². The molecule has 2 N–H and O–H groups in total. The smallest absolute Gasteiger partial charge is 0.339 e. The predicted molar refractivity (Wildman–Crippen MR) is 83.2 cm³/mol. The van der Waals surface area contributed by atoms with E-state index < -0.39 is 42.5 Å². The number of nitrogens with zero attached hydrogens (tertiary/aromatic N) is 2. The van der Waals surface area contributed by atoms with E-state index in [1.165, 1.54) is 17.1 Å². The van der Waals surface area contributed by atoms with Crippen LogP contribution in [0.3, 0.4) is 0 Å². The van der Waals surface area contributed by atoms with Crippen LogP contribution in [0.1, 0.15) is 27.7 Å². The molecule has 1 aliphatic heterocycles. The molecule has 1 saturated carbocycles. The molecule has 0 bridgehead atoms. The number of fused-ring (bicyclic) bond motifs is 1. The van der Waals surface area contributed by atoms with Crippen molar-refractivity contribution >= 4 is 17.7 Å². The maximum Gasteiger partial charge on any atom is 0.471 e. The van der Waals surface area contributed by atoms with Crippen molar-refractivity contribution in [3.05, 3.63) is 0 Å². The van der Waals surface area contributed by atoms with Crippen LogP contribution >= 0.6 is 0 Å². The number of hydrogen-bond donors (Lipinski definition) is 2. The van der Waals surface area contributed by atoms with Gasteiger partial charge in [-0.1, -0.05) is 20.8 Å². The van der Waals surface area contributed by atoms with E-state index in [2.05, 4.69) is 5.32 Å². The lowest BCUT2D eigenvalue weighted by molar-refractivity contribution is -0.174. The zero-order valence-corrected chi connectivity index (χ0v) is 14.9. The Morgan fingerprint density at radius 1 is 1.31 bits per heavy atom. The van der Waals surface area contributed by atoms with Gasteiger partial charge in [0.15, 0.2) is 0 Å². The van der Waals surface area contributed by atoms with Gasteiger partial charge in [-0.2, -0.15) is 18.4 Å². The number of rotatable bonds is 4. The van der Waals surface area contributed by atoms with Crippen molar-refractivity contribution in [1.82, 2.24) is 15.5 Å². The van der Waals surface area contributed by atoms with E-state index in [1.807, 2.05) is 26.8 Å². The lowest BCUT2D eigenvalue weighted by atomic mass is 9.96. The van der Waals surface area contributed by atoms with Gasteiger partial charge in [0, 0.05) is 12.5 Å². The molecule has 3 amide bonds. The summed E-state index contributed by atoms with van der Waals surface area (Å²) in [5.74, 6) is -3.67. The third kappa shape index (κ3) is 3.10. The largest absolute Gasteiger partial charge is 0.471 e. The van der Waals surface area contributed by atoms with Gasteiger partial charge < -0.3 is 15.5 Å². The first-order valence-electron chi connectivity index (χ1n) is 8.12. The first kappa shape index (κ1) is 20.0. The van der Waals surface area contributed by atoms with Crippen molar-refractivity contribution < 1.29 is 27.6 Å². The van der Waals surface area contributed by atoms with Crippen LogP contribution in [-0.2, 0) is 14.4 Å². The van der Waals surface area contributed by atoms with Crippen molar-refractivity contribution in [3.8, 4) is 6.07 Å². The maximum absolute atomic E-state index is 12.6. The van der Waals surface area contributed by atoms with E-state index in [-0.39, 0.29) is 23.3 Å². The Morgan fingerprint density at radius 3 is 2.38 bits per heavy atom. The Morgan fingerprint density at radius 2 is 1.88 bits per heavy atom. The molecule has 0 spiro atoms. The maximum atomic E-state index is 12.6.